The molecule has 0 saturated heterocycles. The largest absolute Gasteiger partial charge is 0.487 e. The van der Waals surface area contributed by atoms with Gasteiger partial charge >= 0.3 is 5.97 Å². The van der Waals surface area contributed by atoms with Gasteiger partial charge in [0, 0.05) is 28.0 Å². The highest BCUT2D eigenvalue weighted by molar-refractivity contribution is 7.98. The van der Waals surface area contributed by atoms with Crippen molar-refractivity contribution in [3.05, 3.63) is 137 Å². The van der Waals surface area contributed by atoms with E-state index in [0.717, 1.165) is 33.3 Å². The van der Waals surface area contributed by atoms with Crippen LogP contribution < -0.4 is 9.46 Å². The zero-order valence-electron chi connectivity index (χ0n) is 23.0. The molecule has 1 atom stereocenters. The number of carbonyl (C=O) groups is 1. The van der Waals surface area contributed by atoms with E-state index in [2.05, 4.69) is 9.71 Å². The first kappa shape index (κ1) is 30.6. The minimum Gasteiger partial charge on any atom is -0.487 e. The monoisotopic (exact) mass is 632 g/mol. The number of aliphatic carboxylic acids is 1. The van der Waals surface area contributed by atoms with Gasteiger partial charge in [0.25, 0.3) is 0 Å². The molecule has 2 N–H and O–H groups in total. The van der Waals surface area contributed by atoms with Gasteiger partial charge in [-0.2, -0.15) is 0 Å². The summed E-state index contributed by atoms with van der Waals surface area (Å²) in [6.45, 7) is 0.431. The lowest BCUT2D eigenvalue weighted by Gasteiger charge is -2.19. The number of hydrogen-bond acceptors (Lipinski definition) is 6. The SMILES string of the molecule is O=C(O)Cc1ccc(CSC(CNS(=O)(=O)c2ccc(Cl)cc2)c2cccc(OCc3ccc4ccccc4n3)c2)cc1. The lowest BCUT2D eigenvalue weighted by molar-refractivity contribution is -0.136. The Balaban J connectivity index is 1.32. The van der Waals surface area contributed by atoms with E-state index in [9.17, 15) is 13.2 Å². The maximum atomic E-state index is 13.1. The van der Waals surface area contributed by atoms with Crippen LogP contribution in [0.25, 0.3) is 10.9 Å². The van der Waals surface area contributed by atoms with E-state index in [1.807, 2.05) is 72.8 Å². The molecule has 0 amide bonds. The summed E-state index contributed by atoms with van der Waals surface area (Å²) in [7, 11) is -3.77. The predicted octanol–water partition coefficient (Wildman–Crippen LogP) is 7.05. The maximum absolute atomic E-state index is 13.1. The van der Waals surface area contributed by atoms with Gasteiger partial charge in [0.05, 0.1) is 22.5 Å². The molecular formula is C33H29ClN2O5S2. The van der Waals surface area contributed by atoms with Gasteiger partial charge in [-0.25, -0.2) is 18.1 Å². The van der Waals surface area contributed by atoms with E-state index in [-0.39, 0.29) is 29.7 Å². The average molecular weight is 633 g/mol. The number of halogens is 1. The predicted molar refractivity (Wildman–Crippen MR) is 171 cm³/mol. The van der Waals surface area contributed by atoms with E-state index in [4.69, 9.17) is 21.4 Å². The highest BCUT2D eigenvalue weighted by Gasteiger charge is 2.20. The Morgan fingerprint density at radius 3 is 2.42 bits per heavy atom. The molecule has 1 aromatic heterocycles. The van der Waals surface area contributed by atoms with Crippen LogP contribution in [0, 0.1) is 0 Å². The van der Waals surface area contributed by atoms with Crippen molar-refractivity contribution in [1.82, 2.24) is 9.71 Å². The molecule has 0 aliphatic rings. The van der Waals surface area contributed by atoms with Crippen molar-refractivity contribution in [1.29, 1.82) is 0 Å². The molecule has 1 heterocycles. The number of para-hydroxylation sites is 1. The number of hydrogen-bond donors (Lipinski definition) is 2. The fourth-order valence-corrected chi connectivity index (χ4v) is 6.84. The lowest BCUT2D eigenvalue weighted by atomic mass is 10.1. The normalized spacial score (nSPS) is 12.2. The van der Waals surface area contributed by atoms with E-state index in [0.29, 0.717) is 16.5 Å². The van der Waals surface area contributed by atoms with Crippen molar-refractivity contribution in [2.45, 2.75) is 28.9 Å². The van der Waals surface area contributed by atoms with Crippen LogP contribution in [0.5, 0.6) is 5.75 Å². The minimum absolute atomic E-state index is 0.0377. The topological polar surface area (TPSA) is 106 Å². The van der Waals surface area contributed by atoms with Crippen molar-refractivity contribution in [2.75, 3.05) is 6.54 Å². The average Bonchev–Trinajstić information content (AvgIpc) is 3.01. The first-order valence-electron chi connectivity index (χ1n) is 13.5. The molecule has 0 saturated carbocycles. The highest BCUT2D eigenvalue weighted by atomic mass is 35.5. The molecule has 5 aromatic rings. The lowest BCUT2D eigenvalue weighted by Crippen LogP contribution is -2.27. The van der Waals surface area contributed by atoms with Crippen molar-refractivity contribution in [3.63, 3.8) is 0 Å². The summed E-state index contributed by atoms with van der Waals surface area (Å²) in [4.78, 5) is 15.8. The number of carboxylic acids is 1. The number of nitrogens with zero attached hydrogens (tertiary/aromatic N) is 1. The number of carboxylic acid groups (broad SMARTS) is 1. The molecule has 5 rings (SSSR count). The number of benzene rings is 4. The van der Waals surface area contributed by atoms with E-state index >= 15 is 0 Å². The number of fused-ring (bicyclic) bond motifs is 1. The summed E-state index contributed by atoms with van der Waals surface area (Å²) in [6.07, 6.45) is -0.0377. The Morgan fingerprint density at radius 2 is 1.65 bits per heavy atom. The van der Waals surface area contributed by atoms with Gasteiger partial charge in [0.1, 0.15) is 12.4 Å². The second-order valence-electron chi connectivity index (χ2n) is 9.85. The smallest absolute Gasteiger partial charge is 0.307 e. The Bertz CT molecular complexity index is 1810. The summed E-state index contributed by atoms with van der Waals surface area (Å²) in [5, 5.41) is 10.3. The molecule has 43 heavy (non-hydrogen) atoms. The van der Waals surface area contributed by atoms with Crippen molar-refractivity contribution in [2.24, 2.45) is 0 Å². The number of thioether (sulfide) groups is 1. The second-order valence-corrected chi connectivity index (χ2v) is 13.2. The molecule has 0 spiro atoms. The molecule has 10 heteroatoms. The number of aromatic nitrogens is 1. The summed E-state index contributed by atoms with van der Waals surface area (Å²) >= 11 is 7.52. The summed E-state index contributed by atoms with van der Waals surface area (Å²) in [5.74, 6) is 0.359. The minimum atomic E-state index is -3.77. The van der Waals surface area contributed by atoms with Crippen LogP contribution >= 0.6 is 23.4 Å². The Hall–Kier alpha value is -3.89. The fraction of sp³-hybridized carbons (Fsp3) is 0.152. The van der Waals surface area contributed by atoms with Crippen LogP contribution in [0.2, 0.25) is 5.02 Å². The van der Waals surface area contributed by atoms with Crippen molar-refractivity contribution >= 4 is 50.3 Å². The highest BCUT2D eigenvalue weighted by Crippen LogP contribution is 2.33. The molecule has 1 unspecified atom stereocenters. The molecule has 0 aliphatic heterocycles. The zero-order chi connectivity index (χ0) is 30.2. The number of nitrogens with one attached hydrogen (secondary N) is 1. The summed E-state index contributed by atoms with van der Waals surface area (Å²) in [6, 6.07) is 32.9. The Labute approximate surface area is 259 Å². The second kappa shape index (κ2) is 14.1. The standard InChI is InChI=1S/C33H29ClN2O5S2/c34-27-13-16-30(17-14-27)43(39,40)35-20-32(42-22-24-10-8-23(9-11-24)18-33(37)38)26-5-3-6-29(19-26)41-21-28-15-12-25-4-1-2-7-31(25)36-28/h1-17,19,32,35H,18,20-22H2,(H,37,38). The number of pyridine rings is 1. The van der Waals surface area contributed by atoms with Gasteiger partial charge in [-0.05, 0) is 65.2 Å². The maximum Gasteiger partial charge on any atom is 0.307 e. The van der Waals surface area contributed by atoms with Crippen LogP contribution in [0.1, 0.15) is 27.6 Å². The Morgan fingerprint density at radius 1 is 0.907 bits per heavy atom. The third-order valence-corrected chi connectivity index (χ3v) is 9.72. The van der Waals surface area contributed by atoms with Gasteiger partial charge in [-0.3, -0.25) is 4.79 Å². The molecule has 0 aliphatic carbocycles. The number of sulfonamides is 1. The van der Waals surface area contributed by atoms with Crippen molar-refractivity contribution < 1.29 is 23.1 Å². The molecule has 4 aromatic carbocycles. The summed E-state index contributed by atoms with van der Waals surface area (Å²) in [5.41, 5.74) is 4.32. The van der Waals surface area contributed by atoms with Gasteiger partial charge in [-0.1, -0.05) is 72.3 Å². The fourth-order valence-electron chi connectivity index (χ4n) is 4.43. The molecule has 0 bridgehead atoms. The van der Waals surface area contributed by atoms with Gasteiger partial charge < -0.3 is 9.84 Å². The zero-order valence-corrected chi connectivity index (χ0v) is 25.4. The van der Waals surface area contributed by atoms with E-state index < -0.39 is 16.0 Å². The van der Waals surface area contributed by atoms with Crippen LogP contribution in [0.4, 0.5) is 0 Å². The third kappa shape index (κ3) is 8.58. The molecule has 0 fully saturated rings. The molecule has 7 nitrogen and oxygen atoms in total. The number of rotatable bonds is 13. The summed E-state index contributed by atoms with van der Waals surface area (Å²) < 4.78 is 35.0. The van der Waals surface area contributed by atoms with Crippen molar-refractivity contribution in [3.8, 4) is 5.75 Å². The molecular weight excluding hydrogens is 604 g/mol. The van der Waals surface area contributed by atoms with Crippen LogP contribution in [0.3, 0.4) is 0 Å². The van der Waals surface area contributed by atoms with Gasteiger partial charge in [0.2, 0.25) is 10.0 Å². The van der Waals surface area contributed by atoms with Gasteiger partial charge in [-0.15, -0.1) is 11.8 Å². The quantitative estimate of drug-likeness (QED) is 0.143. The van der Waals surface area contributed by atoms with Crippen LogP contribution in [-0.2, 0) is 33.6 Å². The Kier molecular flexibility index (Phi) is 9.99. The first-order chi connectivity index (χ1) is 20.7. The van der Waals surface area contributed by atoms with Crippen LogP contribution in [0.15, 0.2) is 114 Å². The van der Waals surface area contributed by atoms with E-state index in [1.165, 1.54) is 12.1 Å². The van der Waals surface area contributed by atoms with Crippen LogP contribution in [-0.4, -0.2) is 31.0 Å². The molecule has 220 valence electrons. The molecule has 0 radical (unpaired) electrons. The van der Waals surface area contributed by atoms with E-state index in [1.54, 1.807) is 36.0 Å². The van der Waals surface area contributed by atoms with Gasteiger partial charge in [0.15, 0.2) is 0 Å². The third-order valence-electron chi connectivity index (χ3n) is 6.68. The first-order valence-corrected chi connectivity index (χ1v) is 16.4. The number of ether oxygens (including phenoxy) is 1.